The van der Waals surface area contributed by atoms with Crippen LogP contribution >= 0.6 is 11.6 Å². The van der Waals surface area contributed by atoms with Crippen LogP contribution < -0.4 is 4.90 Å². The van der Waals surface area contributed by atoms with Crippen molar-refractivity contribution in [3.8, 4) is 0 Å². The normalized spacial score (nSPS) is 24.0. The van der Waals surface area contributed by atoms with Crippen molar-refractivity contribution in [2.75, 3.05) is 18.0 Å². The molecule has 2 fully saturated rings. The summed E-state index contributed by atoms with van der Waals surface area (Å²) in [6.07, 6.45) is 29.5. The minimum absolute atomic E-state index is 0.0439. The Morgan fingerprint density at radius 3 is 2.08 bits per heavy atom. The van der Waals surface area contributed by atoms with Gasteiger partial charge in [0.25, 0.3) is 0 Å². The van der Waals surface area contributed by atoms with E-state index in [4.69, 9.17) is 11.6 Å². The molecule has 2 heterocycles. The quantitative estimate of drug-likeness (QED) is 0.236. The van der Waals surface area contributed by atoms with E-state index in [2.05, 4.69) is 112 Å². The minimum Gasteiger partial charge on any atom is -0.344 e. The molecule has 7 rings (SSSR count). The Balaban J connectivity index is 1.18. The first-order valence-corrected chi connectivity index (χ1v) is 21.0. The van der Waals surface area contributed by atoms with Crippen LogP contribution in [0.15, 0.2) is 82.6 Å². The third kappa shape index (κ3) is 7.51. The number of allylic oxidation sites excluding steroid dienone is 8. The summed E-state index contributed by atoms with van der Waals surface area (Å²) in [7, 11) is 0. The lowest BCUT2D eigenvalue weighted by Crippen LogP contribution is -2.28. The van der Waals surface area contributed by atoms with Crippen LogP contribution in [0.3, 0.4) is 0 Å². The highest BCUT2D eigenvalue weighted by Crippen LogP contribution is 2.49. The second-order valence-corrected chi connectivity index (χ2v) is 18.2. The molecule has 3 aliphatic carbocycles. The van der Waals surface area contributed by atoms with Crippen molar-refractivity contribution in [1.82, 2.24) is 0 Å². The summed E-state index contributed by atoms with van der Waals surface area (Å²) in [5, 5.41) is 0.964. The van der Waals surface area contributed by atoms with E-state index in [1.54, 1.807) is 0 Å². The maximum absolute atomic E-state index is 7.37. The first-order chi connectivity index (χ1) is 24.5. The highest BCUT2D eigenvalue weighted by molar-refractivity contribution is 6.32. The van der Waals surface area contributed by atoms with E-state index in [0.29, 0.717) is 0 Å². The van der Waals surface area contributed by atoms with Crippen LogP contribution in [-0.2, 0) is 10.8 Å². The van der Waals surface area contributed by atoms with Gasteiger partial charge in [-0.1, -0.05) is 131 Å². The highest BCUT2D eigenvalue weighted by atomic mass is 35.5. The van der Waals surface area contributed by atoms with E-state index in [1.165, 1.54) is 133 Å². The Labute approximate surface area is 315 Å². The fourth-order valence-corrected chi connectivity index (χ4v) is 10.5. The third-order valence-electron chi connectivity index (χ3n) is 13.4. The molecule has 0 bridgehead atoms. The van der Waals surface area contributed by atoms with E-state index in [1.807, 2.05) is 0 Å². The number of halogens is 1. The lowest BCUT2D eigenvalue weighted by Gasteiger charge is -2.30. The van der Waals surface area contributed by atoms with Gasteiger partial charge in [0.05, 0.1) is 5.41 Å². The Morgan fingerprint density at radius 1 is 0.725 bits per heavy atom. The molecule has 2 aromatic rings. The van der Waals surface area contributed by atoms with E-state index in [0.717, 1.165) is 49.2 Å². The predicted molar refractivity (Wildman–Crippen MR) is 220 cm³/mol. The van der Waals surface area contributed by atoms with E-state index < -0.39 is 0 Å². The molecule has 51 heavy (non-hydrogen) atoms. The van der Waals surface area contributed by atoms with Crippen LogP contribution in [0.4, 0.5) is 11.4 Å². The fraction of sp³-hybridized carbons (Fsp3) is 0.562. The minimum atomic E-state index is -0.0439. The number of rotatable bonds is 9. The number of fused-ring (bicyclic) bond motifs is 2. The molecule has 272 valence electrons. The molecule has 0 radical (unpaired) electrons. The van der Waals surface area contributed by atoms with Crippen molar-refractivity contribution in [1.29, 1.82) is 0 Å². The zero-order valence-corrected chi connectivity index (χ0v) is 33.5. The zero-order chi connectivity index (χ0) is 35.8. The average Bonchev–Trinajstić information content (AvgIpc) is 3.46. The Hall–Kier alpha value is -2.84. The molecule has 0 aromatic heterocycles. The maximum atomic E-state index is 7.37. The first-order valence-electron chi connectivity index (χ1n) is 20.7. The van der Waals surface area contributed by atoms with Gasteiger partial charge in [-0.3, -0.25) is 0 Å². The number of nitrogens with zero attached hydrogens (tertiary/aromatic N) is 2. The summed E-state index contributed by atoms with van der Waals surface area (Å²) < 4.78 is 2.65. The van der Waals surface area contributed by atoms with E-state index >= 15 is 0 Å². The standard InChI is InChI=1S/C48H64ClN2/c1-34-20-24-42-40(32-34)47(3,4)44(50(42)30-28-36-14-9-7-10-15-36)26-22-38-18-13-19-39(46(38)49)23-27-45-48(5,6)41-33-35(2)21-25-43(41)51(45)31-29-37-16-11-8-12-17-37/h20-27,32-33,36-37H,7-19,28-31H2,1-6H3/q+1. The number of aryl methyl sites for hydroxylation is 2. The van der Waals surface area contributed by atoms with Crippen LogP contribution in [0, 0.1) is 25.7 Å². The average molecular weight is 705 g/mol. The van der Waals surface area contributed by atoms with Gasteiger partial charge in [0.15, 0.2) is 5.71 Å². The largest absolute Gasteiger partial charge is 0.344 e. The lowest BCUT2D eigenvalue weighted by atomic mass is 9.80. The molecule has 2 nitrogen and oxygen atoms in total. The van der Waals surface area contributed by atoms with Crippen molar-refractivity contribution in [3.05, 3.63) is 105 Å². The lowest BCUT2D eigenvalue weighted by molar-refractivity contribution is -0.439. The van der Waals surface area contributed by atoms with E-state index in [-0.39, 0.29) is 10.8 Å². The zero-order valence-electron chi connectivity index (χ0n) is 32.7. The molecule has 0 atom stereocenters. The summed E-state index contributed by atoms with van der Waals surface area (Å²) in [6, 6.07) is 14.2. The molecule has 0 saturated heterocycles. The fourth-order valence-electron chi connectivity index (χ4n) is 10.2. The third-order valence-corrected chi connectivity index (χ3v) is 13.9. The monoisotopic (exact) mass is 703 g/mol. The van der Waals surface area contributed by atoms with Crippen LogP contribution in [0.5, 0.6) is 0 Å². The summed E-state index contributed by atoms with van der Waals surface area (Å²) in [4.78, 5) is 2.65. The van der Waals surface area contributed by atoms with Gasteiger partial charge in [0.1, 0.15) is 6.54 Å². The van der Waals surface area contributed by atoms with Gasteiger partial charge in [0.2, 0.25) is 5.69 Å². The van der Waals surface area contributed by atoms with Crippen molar-refractivity contribution in [3.63, 3.8) is 0 Å². The topological polar surface area (TPSA) is 6.25 Å². The molecule has 0 unspecified atom stereocenters. The van der Waals surface area contributed by atoms with Gasteiger partial charge in [-0.15, -0.1) is 0 Å². The summed E-state index contributed by atoms with van der Waals surface area (Å²) in [5.41, 5.74) is 13.7. The Bertz CT molecular complexity index is 1770. The molecular formula is C48H64ClN2+. The summed E-state index contributed by atoms with van der Waals surface area (Å²) >= 11 is 7.37. The first kappa shape index (κ1) is 36.5. The van der Waals surface area contributed by atoms with E-state index in [9.17, 15) is 0 Å². The molecule has 2 aromatic carbocycles. The van der Waals surface area contributed by atoms with Crippen LogP contribution in [0.1, 0.15) is 146 Å². The number of hydrogen-bond donors (Lipinski definition) is 0. The van der Waals surface area contributed by atoms with Crippen molar-refractivity contribution >= 4 is 28.7 Å². The van der Waals surface area contributed by atoms with Gasteiger partial charge < -0.3 is 4.90 Å². The molecule has 2 aliphatic heterocycles. The molecule has 0 amide bonds. The van der Waals surface area contributed by atoms with Gasteiger partial charge in [-0.2, -0.15) is 4.58 Å². The predicted octanol–water partition coefficient (Wildman–Crippen LogP) is 13.5. The molecule has 0 spiro atoms. The van der Waals surface area contributed by atoms with Gasteiger partial charge in [-0.05, 0) is 100 Å². The Morgan fingerprint density at radius 2 is 1.37 bits per heavy atom. The summed E-state index contributed by atoms with van der Waals surface area (Å²) in [5.74, 6) is 1.73. The van der Waals surface area contributed by atoms with Gasteiger partial charge in [-0.25, -0.2) is 0 Å². The number of anilines is 1. The number of benzene rings is 2. The van der Waals surface area contributed by atoms with Crippen LogP contribution in [-0.4, -0.2) is 23.4 Å². The van der Waals surface area contributed by atoms with Gasteiger partial charge in [0, 0.05) is 52.5 Å². The molecule has 3 heteroatoms. The number of hydrogen-bond acceptors (Lipinski definition) is 1. The highest BCUT2D eigenvalue weighted by Gasteiger charge is 2.44. The van der Waals surface area contributed by atoms with Crippen LogP contribution in [0.25, 0.3) is 0 Å². The second-order valence-electron chi connectivity index (χ2n) is 17.8. The second kappa shape index (κ2) is 15.3. The van der Waals surface area contributed by atoms with Crippen LogP contribution in [0.2, 0.25) is 0 Å². The molecule has 2 saturated carbocycles. The van der Waals surface area contributed by atoms with Crippen molar-refractivity contribution in [2.45, 2.75) is 149 Å². The smallest absolute Gasteiger partial charge is 0.209 e. The maximum Gasteiger partial charge on any atom is 0.209 e. The van der Waals surface area contributed by atoms with Crippen molar-refractivity contribution < 1.29 is 4.58 Å². The Kier molecular flexibility index (Phi) is 10.9. The van der Waals surface area contributed by atoms with Crippen molar-refractivity contribution in [2.24, 2.45) is 11.8 Å². The SMILES string of the molecule is Cc1ccc2c(c1)C(C)(C)C(/C=C/C1=C(Cl)C(=C/C=C3/N(CCC4CCCCC4)c4ccc(C)cc4C3(C)C)/CCC1)=[N+]2CCC1CCCCC1. The molecular weight excluding hydrogens is 640 g/mol. The molecule has 0 N–H and O–H groups in total. The molecule has 5 aliphatic rings. The van der Waals surface area contributed by atoms with Gasteiger partial charge >= 0.3 is 0 Å². The summed E-state index contributed by atoms with van der Waals surface area (Å²) in [6.45, 7) is 16.3.